The zero-order valence-electron chi connectivity index (χ0n) is 10.7. The van der Waals surface area contributed by atoms with Crippen molar-refractivity contribution in [3.63, 3.8) is 0 Å². The maximum absolute atomic E-state index is 2.48. The van der Waals surface area contributed by atoms with Gasteiger partial charge in [0.2, 0.25) is 0 Å². The number of rotatable bonds is 3. The minimum Gasteiger partial charge on any atom is -0.0651 e. The molecule has 0 nitrogen and oxygen atoms in total. The van der Waals surface area contributed by atoms with Gasteiger partial charge in [-0.2, -0.15) is 0 Å². The third-order valence-corrected chi connectivity index (χ3v) is 4.75. The van der Waals surface area contributed by atoms with Gasteiger partial charge in [0, 0.05) is 0 Å². The predicted octanol–water partition coefficient (Wildman–Crippen LogP) is 4.74. The van der Waals surface area contributed by atoms with E-state index in [1.54, 1.807) is 0 Å². The zero-order valence-corrected chi connectivity index (χ0v) is 10.7. The van der Waals surface area contributed by atoms with Crippen molar-refractivity contribution in [2.24, 2.45) is 29.6 Å². The molecule has 1 aliphatic carbocycles. The van der Waals surface area contributed by atoms with E-state index in [1.165, 1.54) is 25.7 Å². The van der Waals surface area contributed by atoms with Crippen molar-refractivity contribution in [2.75, 3.05) is 0 Å². The molecule has 0 bridgehead atoms. The SMILES string of the molecule is CCC(C)C1CC(C)C(CC)CC1C. The number of hydrogen-bond donors (Lipinski definition) is 0. The smallest absolute Gasteiger partial charge is 0.0360 e. The summed E-state index contributed by atoms with van der Waals surface area (Å²) in [6, 6.07) is 0. The molecule has 5 unspecified atom stereocenters. The van der Waals surface area contributed by atoms with Crippen molar-refractivity contribution in [1.29, 1.82) is 0 Å². The summed E-state index contributed by atoms with van der Waals surface area (Å²) in [5.74, 6) is 4.87. The van der Waals surface area contributed by atoms with E-state index in [1.807, 2.05) is 0 Å². The lowest BCUT2D eigenvalue weighted by atomic mass is 9.65. The highest BCUT2D eigenvalue weighted by Crippen LogP contribution is 2.42. The second-order valence-electron chi connectivity index (χ2n) is 5.64. The largest absolute Gasteiger partial charge is 0.0651 e. The lowest BCUT2D eigenvalue weighted by Gasteiger charge is -2.41. The second-order valence-corrected chi connectivity index (χ2v) is 5.64. The Morgan fingerprint density at radius 3 is 2.21 bits per heavy atom. The minimum atomic E-state index is 0.935. The second kappa shape index (κ2) is 5.19. The molecule has 0 aromatic carbocycles. The Labute approximate surface area is 90.5 Å². The van der Waals surface area contributed by atoms with Gasteiger partial charge < -0.3 is 0 Å². The molecule has 5 atom stereocenters. The summed E-state index contributed by atoms with van der Waals surface area (Å²) in [5.41, 5.74) is 0. The van der Waals surface area contributed by atoms with Crippen LogP contribution in [-0.2, 0) is 0 Å². The Bertz CT molecular complexity index is 161. The molecule has 0 aromatic rings. The Balaban J connectivity index is 2.57. The average molecular weight is 196 g/mol. The lowest BCUT2D eigenvalue weighted by Crippen LogP contribution is -2.32. The topological polar surface area (TPSA) is 0 Å². The molecule has 14 heavy (non-hydrogen) atoms. The molecular weight excluding hydrogens is 168 g/mol. The van der Waals surface area contributed by atoms with Gasteiger partial charge in [0.25, 0.3) is 0 Å². The summed E-state index contributed by atoms with van der Waals surface area (Å²) >= 11 is 0. The van der Waals surface area contributed by atoms with E-state index < -0.39 is 0 Å². The highest BCUT2D eigenvalue weighted by molar-refractivity contribution is 4.83. The summed E-state index contributed by atoms with van der Waals surface area (Å²) in [6.45, 7) is 12.1. The summed E-state index contributed by atoms with van der Waals surface area (Å²) in [4.78, 5) is 0. The fourth-order valence-electron chi connectivity index (χ4n) is 3.40. The van der Waals surface area contributed by atoms with E-state index in [0.717, 1.165) is 29.6 Å². The first kappa shape index (κ1) is 12.1. The molecule has 1 fully saturated rings. The highest BCUT2D eigenvalue weighted by Gasteiger charge is 2.33. The van der Waals surface area contributed by atoms with Crippen LogP contribution >= 0.6 is 0 Å². The van der Waals surface area contributed by atoms with Crippen LogP contribution in [0.5, 0.6) is 0 Å². The van der Waals surface area contributed by atoms with Crippen LogP contribution in [-0.4, -0.2) is 0 Å². The predicted molar refractivity (Wildman–Crippen MR) is 64.3 cm³/mol. The van der Waals surface area contributed by atoms with Gasteiger partial charge in [-0.3, -0.25) is 0 Å². The van der Waals surface area contributed by atoms with Crippen molar-refractivity contribution in [2.45, 2.75) is 60.3 Å². The Hall–Kier alpha value is 0. The van der Waals surface area contributed by atoms with Crippen molar-refractivity contribution in [3.05, 3.63) is 0 Å². The third-order valence-electron chi connectivity index (χ3n) is 4.75. The van der Waals surface area contributed by atoms with Crippen molar-refractivity contribution < 1.29 is 0 Å². The highest BCUT2D eigenvalue weighted by atomic mass is 14.4. The molecule has 0 aliphatic heterocycles. The molecule has 1 aliphatic rings. The van der Waals surface area contributed by atoms with Crippen LogP contribution in [0.1, 0.15) is 60.3 Å². The molecule has 0 N–H and O–H groups in total. The van der Waals surface area contributed by atoms with Gasteiger partial charge in [-0.25, -0.2) is 0 Å². The Morgan fingerprint density at radius 2 is 1.71 bits per heavy atom. The van der Waals surface area contributed by atoms with E-state index in [-0.39, 0.29) is 0 Å². The van der Waals surface area contributed by atoms with Gasteiger partial charge >= 0.3 is 0 Å². The zero-order chi connectivity index (χ0) is 10.7. The van der Waals surface area contributed by atoms with E-state index >= 15 is 0 Å². The van der Waals surface area contributed by atoms with Crippen LogP contribution in [0, 0.1) is 29.6 Å². The number of hydrogen-bond acceptors (Lipinski definition) is 0. The standard InChI is InChI=1S/C14H28/c1-6-10(3)14-9-11(4)13(7-2)8-12(14)5/h10-14H,6-9H2,1-5H3. The molecule has 1 rings (SSSR count). The van der Waals surface area contributed by atoms with Gasteiger partial charge in [0.15, 0.2) is 0 Å². The molecule has 84 valence electrons. The van der Waals surface area contributed by atoms with Crippen molar-refractivity contribution in [3.8, 4) is 0 Å². The monoisotopic (exact) mass is 196 g/mol. The van der Waals surface area contributed by atoms with Gasteiger partial charge in [0.05, 0.1) is 0 Å². The first-order chi connectivity index (χ1) is 6.60. The molecule has 0 saturated heterocycles. The Morgan fingerprint density at radius 1 is 1.07 bits per heavy atom. The first-order valence-corrected chi connectivity index (χ1v) is 6.60. The van der Waals surface area contributed by atoms with Gasteiger partial charge in [0.1, 0.15) is 0 Å². The molecule has 1 saturated carbocycles. The summed E-state index contributed by atoms with van der Waals surface area (Å²) in [6.07, 6.45) is 5.71. The molecule has 0 spiro atoms. The molecule has 0 heteroatoms. The van der Waals surface area contributed by atoms with Gasteiger partial charge in [-0.1, -0.05) is 47.5 Å². The van der Waals surface area contributed by atoms with E-state index in [0.29, 0.717) is 0 Å². The molecule has 0 radical (unpaired) electrons. The molecular formula is C14H28. The average Bonchev–Trinajstić information content (AvgIpc) is 2.19. The van der Waals surface area contributed by atoms with Gasteiger partial charge in [-0.15, -0.1) is 0 Å². The van der Waals surface area contributed by atoms with E-state index in [4.69, 9.17) is 0 Å². The van der Waals surface area contributed by atoms with E-state index in [2.05, 4.69) is 34.6 Å². The van der Waals surface area contributed by atoms with Crippen LogP contribution in [0.4, 0.5) is 0 Å². The first-order valence-electron chi connectivity index (χ1n) is 6.60. The van der Waals surface area contributed by atoms with E-state index in [9.17, 15) is 0 Å². The summed E-state index contributed by atoms with van der Waals surface area (Å²) < 4.78 is 0. The fraction of sp³-hybridized carbons (Fsp3) is 1.00. The Kier molecular flexibility index (Phi) is 4.47. The third kappa shape index (κ3) is 2.52. The van der Waals surface area contributed by atoms with Crippen molar-refractivity contribution in [1.82, 2.24) is 0 Å². The van der Waals surface area contributed by atoms with Crippen LogP contribution in [0.2, 0.25) is 0 Å². The van der Waals surface area contributed by atoms with Crippen molar-refractivity contribution >= 4 is 0 Å². The maximum Gasteiger partial charge on any atom is -0.0360 e. The summed E-state index contributed by atoms with van der Waals surface area (Å²) in [5, 5.41) is 0. The molecule has 0 amide bonds. The quantitative estimate of drug-likeness (QED) is 0.611. The minimum absolute atomic E-state index is 0.935. The lowest BCUT2D eigenvalue weighted by molar-refractivity contribution is 0.0907. The molecule has 0 aromatic heterocycles. The maximum atomic E-state index is 2.48. The summed E-state index contributed by atoms with van der Waals surface area (Å²) in [7, 11) is 0. The van der Waals surface area contributed by atoms with Crippen LogP contribution in [0.3, 0.4) is 0 Å². The molecule has 0 heterocycles. The van der Waals surface area contributed by atoms with Gasteiger partial charge in [-0.05, 0) is 42.4 Å². The van der Waals surface area contributed by atoms with Crippen LogP contribution in [0.25, 0.3) is 0 Å². The normalized spacial score (nSPS) is 40.9. The van der Waals surface area contributed by atoms with Crippen LogP contribution in [0.15, 0.2) is 0 Å². The van der Waals surface area contributed by atoms with Crippen LogP contribution < -0.4 is 0 Å². The fourth-order valence-corrected chi connectivity index (χ4v) is 3.40.